The molecule has 0 heterocycles. The molecule has 0 amide bonds. The lowest BCUT2D eigenvalue weighted by Gasteiger charge is -2.17. The highest BCUT2D eigenvalue weighted by Crippen LogP contribution is 1.89. The summed E-state index contributed by atoms with van der Waals surface area (Å²) in [6.45, 7) is 7.71. The Hall–Kier alpha value is 0.177. The average molecular weight is 133 g/mol. The van der Waals surface area contributed by atoms with Crippen molar-refractivity contribution >= 4 is 11.0 Å². The molecule has 0 saturated carbocycles. The molecule has 0 aliphatic carbocycles. The van der Waals surface area contributed by atoms with Gasteiger partial charge in [-0.2, -0.15) is 0 Å². The fraction of sp³-hybridized carbons (Fsp3) is 1.00. The minimum absolute atomic E-state index is 0. The molecule has 52 valence electrons. The van der Waals surface area contributed by atoms with Crippen molar-refractivity contribution in [2.45, 2.75) is 26.8 Å². The van der Waals surface area contributed by atoms with E-state index in [-0.39, 0.29) is 11.0 Å². The molecule has 0 saturated heterocycles. The van der Waals surface area contributed by atoms with Crippen LogP contribution in [0, 0.1) is 0 Å². The summed E-state index contributed by atoms with van der Waals surface area (Å²) < 4.78 is 0. The van der Waals surface area contributed by atoms with Gasteiger partial charge in [-0.1, -0.05) is 6.92 Å². The van der Waals surface area contributed by atoms with Crippen LogP contribution < -0.4 is 0 Å². The zero-order valence-corrected chi connectivity index (χ0v) is 5.73. The van der Waals surface area contributed by atoms with Crippen LogP contribution in [0.2, 0.25) is 0 Å². The molecule has 0 N–H and O–H groups in total. The molecular formula is C6H19NSi. The maximum absolute atomic E-state index is 2.29. The highest BCUT2D eigenvalue weighted by atomic mass is 28.1. The Labute approximate surface area is 57.1 Å². The van der Waals surface area contributed by atoms with Crippen molar-refractivity contribution in [2.75, 3.05) is 13.6 Å². The third-order valence-electron chi connectivity index (χ3n) is 1.38. The highest BCUT2D eigenvalue weighted by molar-refractivity contribution is 5.75. The Balaban J connectivity index is 0. The molecule has 0 aromatic heterocycles. The topological polar surface area (TPSA) is 3.24 Å². The lowest BCUT2D eigenvalue weighted by molar-refractivity contribution is 0.289. The van der Waals surface area contributed by atoms with E-state index >= 15 is 0 Å². The van der Waals surface area contributed by atoms with Gasteiger partial charge in [-0.15, -0.1) is 0 Å². The van der Waals surface area contributed by atoms with Crippen LogP contribution in [-0.2, 0) is 0 Å². The monoisotopic (exact) mass is 133 g/mol. The third kappa shape index (κ3) is 4.34. The molecule has 0 aromatic rings. The van der Waals surface area contributed by atoms with Crippen LogP contribution in [0.25, 0.3) is 0 Å². The summed E-state index contributed by atoms with van der Waals surface area (Å²) in [5.41, 5.74) is 0. The highest BCUT2D eigenvalue weighted by Gasteiger charge is 1.95. The van der Waals surface area contributed by atoms with Crippen molar-refractivity contribution < 1.29 is 0 Å². The van der Waals surface area contributed by atoms with E-state index in [4.69, 9.17) is 0 Å². The Kier molecular flexibility index (Phi) is 7.34. The fourth-order valence-corrected chi connectivity index (χ4v) is 0.365. The second kappa shape index (κ2) is 5.32. The Bertz CT molecular complexity index is 45.8. The molecule has 0 radical (unpaired) electrons. The maximum atomic E-state index is 2.29. The second-order valence-electron chi connectivity index (χ2n) is 2.17. The number of nitrogens with zero attached hydrogens (tertiary/aromatic N) is 1. The van der Waals surface area contributed by atoms with E-state index in [1.54, 1.807) is 0 Å². The van der Waals surface area contributed by atoms with E-state index in [0.717, 1.165) is 6.54 Å². The first kappa shape index (κ1) is 11.0. The van der Waals surface area contributed by atoms with Gasteiger partial charge in [0, 0.05) is 6.04 Å². The molecule has 0 atom stereocenters. The third-order valence-corrected chi connectivity index (χ3v) is 1.38. The van der Waals surface area contributed by atoms with Gasteiger partial charge in [-0.25, -0.2) is 0 Å². The van der Waals surface area contributed by atoms with Gasteiger partial charge in [0.2, 0.25) is 0 Å². The number of rotatable bonds is 2. The molecule has 8 heavy (non-hydrogen) atoms. The van der Waals surface area contributed by atoms with Gasteiger partial charge >= 0.3 is 0 Å². The molecule has 0 aliphatic heterocycles. The second-order valence-corrected chi connectivity index (χ2v) is 2.17. The average Bonchev–Trinajstić information content (AvgIpc) is 1.65. The summed E-state index contributed by atoms with van der Waals surface area (Å²) in [4.78, 5) is 2.29. The normalized spacial score (nSPS) is 9.75. The molecule has 0 fully saturated rings. The molecule has 0 spiro atoms. The minimum atomic E-state index is 0. The minimum Gasteiger partial charge on any atom is -0.304 e. The predicted molar refractivity (Wildman–Crippen MR) is 44.8 cm³/mol. The molecule has 1 nitrogen and oxygen atoms in total. The van der Waals surface area contributed by atoms with Gasteiger partial charge in [-0.05, 0) is 38.4 Å². The quantitative estimate of drug-likeness (QED) is 0.475. The van der Waals surface area contributed by atoms with Crippen LogP contribution in [0.4, 0.5) is 0 Å². The van der Waals surface area contributed by atoms with Crippen LogP contribution in [0.1, 0.15) is 20.8 Å². The van der Waals surface area contributed by atoms with Gasteiger partial charge in [-0.3, -0.25) is 0 Å². The molecule has 0 aliphatic rings. The summed E-state index contributed by atoms with van der Waals surface area (Å²) in [5, 5.41) is 0. The van der Waals surface area contributed by atoms with E-state index in [1.807, 2.05) is 0 Å². The molecule has 0 unspecified atom stereocenters. The Morgan fingerprint density at radius 1 is 1.38 bits per heavy atom. The number of hydrogen-bond donors (Lipinski definition) is 0. The largest absolute Gasteiger partial charge is 0.304 e. The van der Waals surface area contributed by atoms with Crippen molar-refractivity contribution in [3.8, 4) is 0 Å². The van der Waals surface area contributed by atoms with Crippen LogP contribution in [0.15, 0.2) is 0 Å². The van der Waals surface area contributed by atoms with Crippen LogP contribution >= 0.6 is 0 Å². The smallest absolute Gasteiger partial charge is 0.00354 e. The van der Waals surface area contributed by atoms with Gasteiger partial charge in [0.15, 0.2) is 0 Å². The first-order valence-electron chi connectivity index (χ1n) is 2.88. The SMILES string of the molecule is CCN(C)C(C)C.[SiH4]. The Morgan fingerprint density at radius 2 is 1.75 bits per heavy atom. The van der Waals surface area contributed by atoms with Gasteiger partial charge in [0.05, 0.1) is 0 Å². The fourth-order valence-electron chi connectivity index (χ4n) is 0.365. The zero-order valence-electron chi connectivity index (χ0n) is 5.73. The summed E-state index contributed by atoms with van der Waals surface area (Å²) in [6, 6.07) is 0.699. The van der Waals surface area contributed by atoms with E-state index in [9.17, 15) is 0 Å². The molecule has 0 rings (SSSR count). The van der Waals surface area contributed by atoms with Crippen LogP contribution in [0.5, 0.6) is 0 Å². The van der Waals surface area contributed by atoms with Gasteiger partial charge in [0.25, 0.3) is 0 Å². The van der Waals surface area contributed by atoms with Crippen molar-refractivity contribution in [1.29, 1.82) is 0 Å². The van der Waals surface area contributed by atoms with Gasteiger partial charge in [0.1, 0.15) is 0 Å². The number of hydrogen-bond acceptors (Lipinski definition) is 1. The van der Waals surface area contributed by atoms with E-state index in [0.29, 0.717) is 6.04 Å². The van der Waals surface area contributed by atoms with Crippen molar-refractivity contribution in [3.05, 3.63) is 0 Å². The van der Waals surface area contributed by atoms with Crippen molar-refractivity contribution in [1.82, 2.24) is 4.90 Å². The zero-order chi connectivity index (χ0) is 5.86. The van der Waals surface area contributed by atoms with E-state index < -0.39 is 0 Å². The maximum Gasteiger partial charge on any atom is 0.00354 e. The first-order valence-corrected chi connectivity index (χ1v) is 2.88. The molecule has 2 heteroatoms. The molecule has 0 aromatic carbocycles. The predicted octanol–water partition coefficient (Wildman–Crippen LogP) is -0.105. The first-order chi connectivity index (χ1) is 3.18. The van der Waals surface area contributed by atoms with Crippen LogP contribution in [-0.4, -0.2) is 35.5 Å². The summed E-state index contributed by atoms with van der Waals surface area (Å²) >= 11 is 0. The van der Waals surface area contributed by atoms with E-state index in [1.165, 1.54) is 0 Å². The van der Waals surface area contributed by atoms with Crippen LogP contribution in [0.3, 0.4) is 0 Å². The summed E-state index contributed by atoms with van der Waals surface area (Å²) in [5.74, 6) is 0. The van der Waals surface area contributed by atoms with Gasteiger partial charge < -0.3 is 4.90 Å². The molecular weight excluding hydrogens is 114 g/mol. The van der Waals surface area contributed by atoms with Crippen molar-refractivity contribution in [2.24, 2.45) is 0 Å². The summed E-state index contributed by atoms with van der Waals surface area (Å²) in [6.07, 6.45) is 0. The lowest BCUT2D eigenvalue weighted by Crippen LogP contribution is -2.25. The standard InChI is InChI=1S/C6H15N.H4Si/c1-5-7(4)6(2)3;/h6H,5H2,1-4H3;1H4. The van der Waals surface area contributed by atoms with E-state index in [2.05, 4.69) is 32.7 Å². The molecule has 0 bridgehead atoms. The summed E-state index contributed by atoms with van der Waals surface area (Å²) in [7, 11) is 2.13. The lowest BCUT2D eigenvalue weighted by atomic mass is 10.3. The van der Waals surface area contributed by atoms with Crippen molar-refractivity contribution in [3.63, 3.8) is 0 Å². The Morgan fingerprint density at radius 3 is 1.75 bits per heavy atom.